The lowest BCUT2D eigenvalue weighted by Crippen LogP contribution is -2.02. The number of carboxylic acids is 1. The number of ether oxygens (including phenoxy) is 1. The summed E-state index contributed by atoms with van der Waals surface area (Å²) in [6, 6.07) is 5.00. The van der Waals surface area contributed by atoms with Gasteiger partial charge in [0.25, 0.3) is 0 Å². The Morgan fingerprint density at radius 2 is 1.71 bits per heavy atom. The van der Waals surface area contributed by atoms with Crippen molar-refractivity contribution in [2.75, 3.05) is 6.61 Å². The number of hydrogen-bond donors (Lipinski definition) is 1. The van der Waals surface area contributed by atoms with Gasteiger partial charge < -0.3 is 9.84 Å². The Labute approximate surface area is 141 Å². The summed E-state index contributed by atoms with van der Waals surface area (Å²) < 4.78 is 6.66. The van der Waals surface area contributed by atoms with Crippen LogP contribution in [0.15, 0.2) is 18.2 Å². The molecule has 0 unspecified atom stereocenters. The van der Waals surface area contributed by atoms with E-state index in [9.17, 15) is 4.79 Å². The highest BCUT2D eigenvalue weighted by Crippen LogP contribution is 2.22. The Bertz CT molecular complexity index is 432. The van der Waals surface area contributed by atoms with Crippen LogP contribution in [0.1, 0.15) is 68.6 Å². The molecule has 0 heterocycles. The van der Waals surface area contributed by atoms with Crippen molar-refractivity contribution in [1.82, 2.24) is 0 Å². The van der Waals surface area contributed by atoms with Crippen LogP contribution in [0, 0.1) is 3.57 Å². The fourth-order valence-electron chi connectivity index (χ4n) is 2.17. The van der Waals surface area contributed by atoms with Gasteiger partial charge in [-0.2, -0.15) is 0 Å². The van der Waals surface area contributed by atoms with Crippen molar-refractivity contribution in [3.8, 4) is 5.75 Å². The number of carboxylic acid groups (broad SMARTS) is 1. The molecule has 0 saturated heterocycles. The van der Waals surface area contributed by atoms with E-state index in [0.717, 1.165) is 9.99 Å². The zero-order chi connectivity index (χ0) is 15.5. The first-order valence-corrected chi connectivity index (χ1v) is 8.88. The van der Waals surface area contributed by atoms with E-state index >= 15 is 0 Å². The number of hydrogen-bond acceptors (Lipinski definition) is 2. The van der Waals surface area contributed by atoms with Crippen molar-refractivity contribution >= 4 is 28.6 Å². The van der Waals surface area contributed by atoms with Gasteiger partial charge in [0.05, 0.1) is 15.7 Å². The second-order valence-corrected chi connectivity index (χ2v) is 6.44. The van der Waals surface area contributed by atoms with Gasteiger partial charge in [0.1, 0.15) is 5.75 Å². The molecule has 0 aliphatic heterocycles. The lowest BCUT2D eigenvalue weighted by Gasteiger charge is -2.09. The second-order valence-electron chi connectivity index (χ2n) is 5.27. The Balaban J connectivity index is 2.18. The topological polar surface area (TPSA) is 46.5 Å². The summed E-state index contributed by atoms with van der Waals surface area (Å²) in [4.78, 5) is 10.9. The van der Waals surface area contributed by atoms with Gasteiger partial charge in [-0.25, -0.2) is 4.79 Å². The Hall–Kier alpha value is -0.780. The summed E-state index contributed by atoms with van der Waals surface area (Å²) in [5.74, 6) is -0.234. The van der Waals surface area contributed by atoms with Crippen LogP contribution in [-0.4, -0.2) is 17.7 Å². The first-order valence-electron chi connectivity index (χ1n) is 7.80. The monoisotopic (exact) mass is 404 g/mol. The molecule has 1 rings (SSSR count). The lowest BCUT2D eigenvalue weighted by atomic mass is 10.1. The van der Waals surface area contributed by atoms with E-state index in [0.29, 0.717) is 12.4 Å². The molecule has 0 aliphatic rings. The average Bonchev–Trinajstić information content (AvgIpc) is 2.47. The fraction of sp³-hybridized carbons (Fsp3) is 0.588. The van der Waals surface area contributed by atoms with Gasteiger partial charge in [0.15, 0.2) is 0 Å². The second kappa shape index (κ2) is 10.9. The van der Waals surface area contributed by atoms with E-state index in [2.05, 4.69) is 29.5 Å². The maximum atomic E-state index is 10.9. The van der Waals surface area contributed by atoms with Crippen LogP contribution in [0.25, 0.3) is 0 Å². The highest BCUT2D eigenvalue weighted by molar-refractivity contribution is 14.1. The normalized spacial score (nSPS) is 10.6. The predicted molar refractivity (Wildman–Crippen MR) is 94.2 cm³/mol. The smallest absolute Gasteiger partial charge is 0.335 e. The van der Waals surface area contributed by atoms with Crippen LogP contribution < -0.4 is 4.74 Å². The van der Waals surface area contributed by atoms with Crippen molar-refractivity contribution in [3.63, 3.8) is 0 Å². The molecule has 3 nitrogen and oxygen atoms in total. The van der Waals surface area contributed by atoms with Crippen LogP contribution in [0.2, 0.25) is 0 Å². The molecule has 0 aromatic heterocycles. The number of aromatic carboxylic acids is 1. The maximum absolute atomic E-state index is 10.9. The SMILES string of the molecule is CCCCCCCCCCOc1cc(C(=O)O)ccc1I. The number of rotatable bonds is 11. The molecule has 0 saturated carbocycles. The van der Waals surface area contributed by atoms with Gasteiger partial charge in [-0.05, 0) is 47.2 Å². The highest BCUT2D eigenvalue weighted by atomic mass is 127. The molecule has 1 aromatic rings. The van der Waals surface area contributed by atoms with Crippen LogP contribution in [0.4, 0.5) is 0 Å². The van der Waals surface area contributed by atoms with E-state index in [1.54, 1.807) is 18.2 Å². The molecule has 0 atom stereocenters. The molecule has 0 bridgehead atoms. The third kappa shape index (κ3) is 7.69. The zero-order valence-electron chi connectivity index (χ0n) is 12.7. The molecular weight excluding hydrogens is 379 g/mol. The number of unbranched alkanes of at least 4 members (excludes halogenated alkanes) is 7. The van der Waals surface area contributed by atoms with Gasteiger partial charge >= 0.3 is 5.97 Å². The molecule has 0 amide bonds. The van der Waals surface area contributed by atoms with Crippen LogP contribution in [0.3, 0.4) is 0 Å². The molecule has 4 heteroatoms. The average molecular weight is 404 g/mol. The van der Waals surface area contributed by atoms with E-state index in [4.69, 9.17) is 9.84 Å². The minimum absolute atomic E-state index is 0.279. The van der Waals surface area contributed by atoms with Crippen LogP contribution in [-0.2, 0) is 0 Å². The molecule has 0 aliphatic carbocycles. The maximum Gasteiger partial charge on any atom is 0.335 e. The van der Waals surface area contributed by atoms with Gasteiger partial charge in [-0.3, -0.25) is 0 Å². The Morgan fingerprint density at radius 3 is 2.33 bits per heavy atom. The minimum atomic E-state index is -0.914. The standard InChI is InChI=1S/C17H25IO3/c1-2-3-4-5-6-7-8-9-12-21-16-13-14(17(19)20)10-11-15(16)18/h10-11,13H,2-9,12H2,1H3,(H,19,20). The van der Waals surface area contributed by atoms with Gasteiger partial charge in [0, 0.05) is 0 Å². The zero-order valence-corrected chi connectivity index (χ0v) is 14.9. The number of carbonyl (C=O) groups is 1. The summed E-state index contributed by atoms with van der Waals surface area (Å²) in [6.07, 6.45) is 10.1. The summed E-state index contributed by atoms with van der Waals surface area (Å²) >= 11 is 2.17. The van der Waals surface area contributed by atoms with Crippen molar-refractivity contribution in [2.45, 2.75) is 58.3 Å². The summed E-state index contributed by atoms with van der Waals surface area (Å²) in [5, 5.41) is 8.97. The third-order valence-corrected chi connectivity index (χ3v) is 4.32. The van der Waals surface area contributed by atoms with Crippen LogP contribution >= 0.6 is 22.6 Å². The third-order valence-electron chi connectivity index (χ3n) is 3.43. The van der Waals surface area contributed by atoms with Gasteiger partial charge in [0.2, 0.25) is 0 Å². The largest absolute Gasteiger partial charge is 0.492 e. The fourth-order valence-corrected chi connectivity index (χ4v) is 2.66. The van der Waals surface area contributed by atoms with Crippen molar-refractivity contribution in [2.24, 2.45) is 0 Å². The Morgan fingerprint density at radius 1 is 1.10 bits per heavy atom. The number of halogens is 1. The number of benzene rings is 1. The van der Waals surface area contributed by atoms with Crippen LogP contribution in [0.5, 0.6) is 5.75 Å². The van der Waals surface area contributed by atoms with E-state index in [-0.39, 0.29) is 5.56 Å². The van der Waals surface area contributed by atoms with Crippen molar-refractivity contribution < 1.29 is 14.6 Å². The predicted octanol–water partition coefficient (Wildman–Crippen LogP) is 5.51. The van der Waals surface area contributed by atoms with E-state index < -0.39 is 5.97 Å². The molecular formula is C17H25IO3. The molecule has 21 heavy (non-hydrogen) atoms. The molecule has 0 radical (unpaired) electrons. The first-order chi connectivity index (χ1) is 10.1. The van der Waals surface area contributed by atoms with E-state index in [1.165, 1.54) is 44.9 Å². The summed E-state index contributed by atoms with van der Waals surface area (Å²) in [5.41, 5.74) is 0.279. The molecule has 1 aromatic carbocycles. The minimum Gasteiger partial charge on any atom is -0.492 e. The van der Waals surface area contributed by atoms with Crippen molar-refractivity contribution in [1.29, 1.82) is 0 Å². The summed E-state index contributed by atoms with van der Waals surface area (Å²) in [6.45, 7) is 2.89. The van der Waals surface area contributed by atoms with Crippen molar-refractivity contribution in [3.05, 3.63) is 27.3 Å². The first kappa shape index (κ1) is 18.3. The molecule has 0 fully saturated rings. The summed E-state index contributed by atoms with van der Waals surface area (Å²) in [7, 11) is 0. The lowest BCUT2D eigenvalue weighted by molar-refractivity contribution is 0.0696. The quantitative estimate of drug-likeness (QED) is 0.391. The Kier molecular flexibility index (Phi) is 9.46. The van der Waals surface area contributed by atoms with Gasteiger partial charge in [-0.1, -0.05) is 51.9 Å². The molecule has 1 N–H and O–H groups in total. The van der Waals surface area contributed by atoms with Gasteiger partial charge in [-0.15, -0.1) is 0 Å². The highest BCUT2D eigenvalue weighted by Gasteiger charge is 2.07. The molecule has 0 spiro atoms. The van der Waals surface area contributed by atoms with E-state index in [1.807, 2.05) is 0 Å². The molecule has 118 valence electrons.